The van der Waals surface area contributed by atoms with E-state index in [0.29, 0.717) is 76.1 Å². The number of benzene rings is 1. The molecule has 0 bridgehead atoms. The van der Waals surface area contributed by atoms with Crippen LogP contribution in [0.4, 0.5) is 29.4 Å². The van der Waals surface area contributed by atoms with Gasteiger partial charge in [-0.1, -0.05) is 18.7 Å². The third-order valence-corrected chi connectivity index (χ3v) is 5.75. The lowest BCUT2D eigenvalue weighted by molar-refractivity contribution is 0.0933. The fourth-order valence-electron chi connectivity index (χ4n) is 3.72. The number of ether oxygens (including phenoxy) is 2. The number of anilines is 5. The van der Waals surface area contributed by atoms with Crippen molar-refractivity contribution in [1.29, 1.82) is 0 Å². The zero-order valence-corrected chi connectivity index (χ0v) is 20.0. The van der Waals surface area contributed by atoms with E-state index in [1.165, 1.54) is 0 Å². The van der Waals surface area contributed by atoms with E-state index >= 15 is 0 Å². The Balaban J connectivity index is 1.27. The van der Waals surface area contributed by atoms with Crippen molar-refractivity contribution in [3.8, 4) is 0 Å². The van der Waals surface area contributed by atoms with Gasteiger partial charge in [0.15, 0.2) is 0 Å². The van der Waals surface area contributed by atoms with Crippen LogP contribution >= 0.6 is 0 Å². The van der Waals surface area contributed by atoms with Crippen LogP contribution in [0.15, 0.2) is 35.5 Å². The topological polar surface area (TPSA) is 182 Å². The van der Waals surface area contributed by atoms with Gasteiger partial charge >= 0.3 is 0 Å². The van der Waals surface area contributed by atoms with E-state index in [9.17, 15) is 4.79 Å². The van der Waals surface area contributed by atoms with Crippen molar-refractivity contribution in [3.63, 3.8) is 0 Å². The quantitative estimate of drug-likeness (QED) is 0.301. The number of morpholine rings is 2. The number of nitrogen functional groups attached to an aromatic ring is 1. The summed E-state index contributed by atoms with van der Waals surface area (Å²) < 4.78 is 15.4. The van der Waals surface area contributed by atoms with Crippen molar-refractivity contribution in [2.75, 3.05) is 73.5 Å². The molecule has 15 heteroatoms. The van der Waals surface area contributed by atoms with E-state index in [2.05, 4.69) is 57.5 Å². The fraction of sp³-hybridized carbons (Fsp3) is 0.364. The van der Waals surface area contributed by atoms with Crippen LogP contribution in [-0.4, -0.2) is 83.8 Å². The molecule has 0 spiro atoms. The molecule has 15 nitrogen and oxygen atoms in total. The summed E-state index contributed by atoms with van der Waals surface area (Å²) >= 11 is 0. The Hall–Kier alpha value is -4.50. The highest BCUT2D eigenvalue weighted by Gasteiger charge is 2.21. The normalized spacial score (nSPS) is 15.8. The summed E-state index contributed by atoms with van der Waals surface area (Å²) in [4.78, 5) is 30.3. The first-order valence-electron chi connectivity index (χ1n) is 11.7. The predicted octanol–water partition coefficient (Wildman–Crippen LogP) is 0.159. The van der Waals surface area contributed by atoms with E-state index in [1.807, 2.05) is 24.3 Å². The average Bonchev–Trinajstić information content (AvgIpc) is 3.38. The highest BCUT2D eigenvalue weighted by molar-refractivity contribution is 5.96. The Morgan fingerprint density at radius 1 is 0.865 bits per heavy atom. The standard InChI is InChI=1S/C22H27N11O4/c1-14(28-29-19(34)17-18(23)31-37-30-17)15-2-4-16(5-3-15)24-20-25-21(32-6-10-35-11-7-32)27-22(26-20)33-8-12-36-13-9-33/h2-5,28H,1,6-13H2,(H2,23,31)(H,29,34)(H,24,25,26,27). The summed E-state index contributed by atoms with van der Waals surface area (Å²) in [5.74, 6) is 0.950. The third-order valence-electron chi connectivity index (χ3n) is 5.75. The van der Waals surface area contributed by atoms with Gasteiger partial charge < -0.3 is 30.3 Å². The Morgan fingerprint density at radius 3 is 2.00 bits per heavy atom. The van der Waals surface area contributed by atoms with Crippen molar-refractivity contribution < 1.29 is 18.9 Å². The number of nitrogens with two attached hydrogens (primary N) is 1. The fourth-order valence-corrected chi connectivity index (χ4v) is 3.72. The van der Waals surface area contributed by atoms with Crippen molar-refractivity contribution in [2.24, 2.45) is 0 Å². The van der Waals surface area contributed by atoms with Gasteiger partial charge in [-0.25, -0.2) is 4.63 Å². The summed E-state index contributed by atoms with van der Waals surface area (Å²) in [6.45, 7) is 9.31. The van der Waals surface area contributed by atoms with Gasteiger partial charge in [-0.3, -0.25) is 15.6 Å². The second-order valence-corrected chi connectivity index (χ2v) is 8.22. The smallest absolute Gasteiger partial charge is 0.295 e. The molecule has 0 atom stereocenters. The van der Waals surface area contributed by atoms with E-state index in [0.717, 1.165) is 11.3 Å². The van der Waals surface area contributed by atoms with Crippen LogP contribution in [-0.2, 0) is 9.47 Å². The Labute approximate surface area is 212 Å². The third kappa shape index (κ3) is 5.84. The molecule has 5 rings (SSSR count). The molecule has 0 radical (unpaired) electrons. The second kappa shape index (κ2) is 11.0. The number of carbonyl (C=O) groups is 1. The number of nitrogens with one attached hydrogen (secondary N) is 3. The van der Waals surface area contributed by atoms with Crippen LogP contribution in [0.25, 0.3) is 5.70 Å². The van der Waals surface area contributed by atoms with Gasteiger partial charge in [0.2, 0.25) is 29.4 Å². The molecule has 2 aromatic heterocycles. The number of amides is 1. The zero-order chi connectivity index (χ0) is 25.6. The van der Waals surface area contributed by atoms with E-state index in [4.69, 9.17) is 20.2 Å². The molecule has 5 N–H and O–H groups in total. The summed E-state index contributed by atoms with van der Waals surface area (Å²) in [7, 11) is 0. The highest BCUT2D eigenvalue weighted by atomic mass is 16.6. The highest BCUT2D eigenvalue weighted by Crippen LogP contribution is 2.22. The monoisotopic (exact) mass is 509 g/mol. The van der Waals surface area contributed by atoms with Crippen LogP contribution in [0.1, 0.15) is 16.1 Å². The largest absolute Gasteiger partial charge is 0.379 e. The number of rotatable bonds is 8. The minimum absolute atomic E-state index is 0.104. The van der Waals surface area contributed by atoms with Crippen LogP contribution in [0.3, 0.4) is 0 Å². The van der Waals surface area contributed by atoms with E-state index < -0.39 is 5.91 Å². The van der Waals surface area contributed by atoms with Crippen molar-refractivity contribution >= 4 is 41.0 Å². The number of hydrogen-bond donors (Lipinski definition) is 4. The molecule has 2 fully saturated rings. The Kier molecular flexibility index (Phi) is 7.23. The number of nitrogens with zero attached hydrogens (tertiary/aromatic N) is 7. The van der Waals surface area contributed by atoms with Gasteiger partial charge in [-0.05, 0) is 28.0 Å². The number of aromatic nitrogens is 5. The molecule has 4 heterocycles. The van der Waals surface area contributed by atoms with Crippen LogP contribution < -0.4 is 31.7 Å². The maximum absolute atomic E-state index is 12.1. The van der Waals surface area contributed by atoms with Gasteiger partial charge in [0.1, 0.15) is 0 Å². The lowest BCUT2D eigenvalue weighted by atomic mass is 10.1. The van der Waals surface area contributed by atoms with Crippen molar-refractivity contribution in [3.05, 3.63) is 42.1 Å². The SMILES string of the molecule is C=C(NNC(=O)c1nonc1N)c1ccc(Nc2nc(N3CCOCC3)nc(N3CCOCC3)n2)cc1. The van der Waals surface area contributed by atoms with Gasteiger partial charge in [0.05, 0.1) is 32.1 Å². The van der Waals surface area contributed by atoms with Gasteiger partial charge in [-0.2, -0.15) is 15.0 Å². The van der Waals surface area contributed by atoms with E-state index in [-0.39, 0.29) is 11.5 Å². The molecular formula is C22H27N11O4. The molecule has 37 heavy (non-hydrogen) atoms. The lowest BCUT2D eigenvalue weighted by Gasteiger charge is -2.30. The first-order valence-corrected chi connectivity index (χ1v) is 11.7. The molecule has 1 aromatic carbocycles. The predicted molar refractivity (Wildman–Crippen MR) is 134 cm³/mol. The van der Waals surface area contributed by atoms with Crippen LogP contribution in [0, 0.1) is 0 Å². The maximum Gasteiger partial charge on any atom is 0.295 e. The van der Waals surface area contributed by atoms with Gasteiger partial charge in [0, 0.05) is 31.9 Å². The van der Waals surface area contributed by atoms with Crippen LogP contribution in [0.2, 0.25) is 0 Å². The summed E-state index contributed by atoms with van der Waals surface area (Å²) in [6, 6.07) is 7.39. The Morgan fingerprint density at radius 2 is 1.46 bits per heavy atom. The molecule has 2 saturated heterocycles. The van der Waals surface area contributed by atoms with E-state index in [1.54, 1.807) is 0 Å². The summed E-state index contributed by atoms with van der Waals surface area (Å²) in [6.07, 6.45) is 0. The van der Waals surface area contributed by atoms with Crippen molar-refractivity contribution in [2.45, 2.75) is 0 Å². The molecule has 0 unspecified atom stereocenters. The minimum Gasteiger partial charge on any atom is -0.379 e. The van der Waals surface area contributed by atoms with Gasteiger partial charge in [-0.15, -0.1) is 0 Å². The first kappa shape index (κ1) is 24.2. The lowest BCUT2D eigenvalue weighted by Crippen LogP contribution is -2.40. The van der Waals surface area contributed by atoms with Crippen molar-refractivity contribution in [1.82, 2.24) is 36.1 Å². The maximum atomic E-state index is 12.1. The molecule has 0 aliphatic carbocycles. The molecule has 1 amide bonds. The summed E-state index contributed by atoms with van der Waals surface area (Å²) in [5, 5.41) is 10.1. The molecule has 2 aliphatic heterocycles. The molecule has 3 aromatic rings. The zero-order valence-electron chi connectivity index (χ0n) is 20.0. The Bertz CT molecular complexity index is 1200. The number of carbonyl (C=O) groups excluding carboxylic acids is 1. The van der Waals surface area contributed by atoms with Gasteiger partial charge in [0.25, 0.3) is 5.91 Å². The summed E-state index contributed by atoms with van der Waals surface area (Å²) in [5.41, 5.74) is 12.6. The molecule has 194 valence electrons. The molecular weight excluding hydrogens is 482 g/mol. The minimum atomic E-state index is -0.597. The molecule has 2 aliphatic rings. The second-order valence-electron chi connectivity index (χ2n) is 8.22. The average molecular weight is 510 g/mol. The molecule has 0 saturated carbocycles. The van der Waals surface area contributed by atoms with Crippen LogP contribution in [0.5, 0.6) is 0 Å². The first-order chi connectivity index (χ1) is 18.1. The number of hydrogen-bond acceptors (Lipinski definition) is 14. The number of hydrazine groups is 1.